The van der Waals surface area contributed by atoms with Gasteiger partial charge in [-0.25, -0.2) is 0 Å². The minimum Gasteiger partial charge on any atom is -0.494 e. The number of anilines is 3. The highest BCUT2D eigenvalue weighted by Gasteiger charge is 2.31. The summed E-state index contributed by atoms with van der Waals surface area (Å²) in [5, 5.41) is 49.2. The predicted octanol–water partition coefficient (Wildman–Crippen LogP) is 0.159. The van der Waals surface area contributed by atoms with Gasteiger partial charge in [-0.1, -0.05) is 11.2 Å². The van der Waals surface area contributed by atoms with Crippen molar-refractivity contribution in [2.75, 3.05) is 37.9 Å². The number of likely N-dealkylation sites (tertiary alicyclic amines) is 1. The molecule has 1 saturated heterocycles. The second kappa shape index (κ2) is 12.9. The first-order chi connectivity index (χ1) is 21.0. The Morgan fingerprint density at radius 1 is 1.11 bits per heavy atom. The highest BCUT2D eigenvalue weighted by molar-refractivity contribution is 6.00. The SMILES string of the molecule is COc1c(Nc2cc(NC(=O)C3CC3)nnc2C(=O)NC(O)(O)O)cccc1-c1noc(C(=O)NCCC2CCCN2C)n1. The van der Waals surface area contributed by atoms with Crippen molar-refractivity contribution in [2.24, 2.45) is 5.92 Å². The van der Waals surface area contributed by atoms with Crippen molar-refractivity contribution in [1.82, 2.24) is 35.9 Å². The Morgan fingerprint density at radius 3 is 2.59 bits per heavy atom. The van der Waals surface area contributed by atoms with Crippen LogP contribution in [-0.2, 0) is 4.79 Å². The summed E-state index contributed by atoms with van der Waals surface area (Å²) in [4.78, 5) is 44.1. The van der Waals surface area contributed by atoms with Crippen molar-refractivity contribution in [3.8, 4) is 17.1 Å². The van der Waals surface area contributed by atoms with Crippen LogP contribution in [0.1, 0.15) is 53.3 Å². The van der Waals surface area contributed by atoms with E-state index in [0.29, 0.717) is 18.2 Å². The molecule has 7 N–H and O–H groups in total. The Morgan fingerprint density at radius 2 is 1.91 bits per heavy atom. The molecule has 1 aromatic carbocycles. The first-order valence-corrected chi connectivity index (χ1v) is 14.0. The maximum absolute atomic E-state index is 12.7. The van der Waals surface area contributed by atoms with Crippen molar-refractivity contribution >= 4 is 34.9 Å². The highest BCUT2D eigenvalue weighted by Crippen LogP contribution is 2.37. The van der Waals surface area contributed by atoms with Gasteiger partial charge in [0.25, 0.3) is 5.91 Å². The number of carbonyl (C=O) groups excluding carboxylic acids is 3. The van der Waals surface area contributed by atoms with Crippen molar-refractivity contribution in [1.29, 1.82) is 0 Å². The maximum Gasteiger partial charge on any atom is 0.369 e. The number of aromatic nitrogens is 4. The number of amides is 3. The van der Waals surface area contributed by atoms with E-state index in [0.717, 1.165) is 38.6 Å². The fourth-order valence-corrected chi connectivity index (χ4v) is 4.87. The van der Waals surface area contributed by atoms with Crippen LogP contribution in [-0.4, -0.2) is 97.7 Å². The fraction of sp³-hybridized carbons (Fsp3) is 0.444. The lowest BCUT2D eigenvalue weighted by atomic mass is 10.1. The van der Waals surface area contributed by atoms with E-state index in [2.05, 4.69) is 48.2 Å². The van der Waals surface area contributed by atoms with Gasteiger partial charge in [0.2, 0.25) is 11.7 Å². The van der Waals surface area contributed by atoms with Crippen LogP contribution in [0.3, 0.4) is 0 Å². The average Bonchev–Trinajstić information content (AvgIpc) is 3.57. The van der Waals surface area contributed by atoms with Gasteiger partial charge in [-0.15, -0.1) is 10.2 Å². The second-order valence-electron chi connectivity index (χ2n) is 10.6. The molecule has 3 aromatic rings. The average molecular weight is 612 g/mol. The van der Waals surface area contributed by atoms with Gasteiger partial charge in [0, 0.05) is 24.6 Å². The van der Waals surface area contributed by atoms with Gasteiger partial charge >= 0.3 is 17.9 Å². The lowest BCUT2D eigenvalue weighted by molar-refractivity contribution is -0.323. The number of aliphatic hydroxyl groups is 3. The molecule has 0 bridgehead atoms. The van der Waals surface area contributed by atoms with E-state index in [9.17, 15) is 29.7 Å². The largest absolute Gasteiger partial charge is 0.494 e. The number of methoxy groups -OCH3 is 1. The summed E-state index contributed by atoms with van der Waals surface area (Å²) in [5.41, 5.74) is 0.115. The molecular formula is C27H33N9O8. The van der Waals surface area contributed by atoms with Gasteiger partial charge in [0.1, 0.15) is 0 Å². The molecule has 17 heteroatoms. The Hall–Kier alpha value is -4.71. The van der Waals surface area contributed by atoms with E-state index < -0.39 is 23.6 Å². The van der Waals surface area contributed by atoms with Crippen molar-refractivity contribution in [3.05, 3.63) is 35.9 Å². The quantitative estimate of drug-likeness (QED) is 0.135. The fourth-order valence-electron chi connectivity index (χ4n) is 4.87. The third kappa shape index (κ3) is 7.43. The van der Waals surface area contributed by atoms with Gasteiger partial charge in [-0.05, 0) is 57.8 Å². The summed E-state index contributed by atoms with van der Waals surface area (Å²) in [6, 6.07) is 6.57. The summed E-state index contributed by atoms with van der Waals surface area (Å²) in [6.45, 7) is 1.50. The zero-order valence-corrected chi connectivity index (χ0v) is 24.0. The molecule has 3 heterocycles. The zero-order valence-electron chi connectivity index (χ0n) is 24.0. The van der Waals surface area contributed by atoms with Crippen molar-refractivity contribution in [2.45, 2.75) is 44.2 Å². The summed E-state index contributed by atoms with van der Waals surface area (Å²) in [7, 11) is 3.45. The lowest BCUT2D eigenvalue weighted by Crippen LogP contribution is -2.48. The van der Waals surface area contributed by atoms with E-state index in [1.54, 1.807) is 23.5 Å². The molecule has 1 saturated carbocycles. The maximum atomic E-state index is 12.7. The standard InChI is InChI=1S/C27H33N9O8/c1-36-12-4-5-15(36)10-11-28-25(39)26-31-22(35-44-26)16-6-3-7-17(21(16)43-2)29-18-13-19(30-23(37)14-8-9-14)33-34-20(18)24(38)32-27(40,41)42/h3,6-7,13-15,40-42H,4-5,8-12H2,1-2H3,(H,28,39)(H,32,38)(H2,29,30,33,37). The van der Waals surface area contributed by atoms with Crippen LogP contribution in [0.15, 0.2) is 28.8 Å². The Balaban J connectivity index is 1.37. The molecule has 44 heavy (non-hydrogen) atoms. The lowest BCUT2D eigenvalue weighted by Gasteiger charge is -2.18. The number of nitrogens with zero attached hydrogens (tertiary/aromatic N) is 5. The minimum atomic E-state index is -3.53. The molecule has 1 aliphatic heterocycles. The number of ether oxygens (including phenoxy) is 1. The van der Waals surface area contributed by atoms with Crippen LogP contribution < -0.4 is 26.0 Å². The number of rotatable bonds is 12. The monoisotopic (exact) mass is 611 g/mol. The first-order valence-electron chi connectivity index (χ1n) is 14.0. The molecule has 2 aliphatic rings. The van der Waals surface area contributed by atoms with Crippen molar-refractivity contribution in [3.63, 3.8) is 0 Å². The van der Waals surface area contributed by atoms with Crippen LogP contribution >= 0.6 is 0 Å². The Labute approximate surface area is 251 Å². The molecule has 2 aromatic heterocycles. The summed E-state index contributed by atoms with van der Waals surface area (Å²) in [6.07, 6.45) is 0.996. The Bertz CT molecular complexity index is 1540. The van der Waals surface area contributed by atoms with E-state index in [1.807, 2.05) is 0 Å². The molecule has 5 rings (SSSR count). The van der Waals surface area contributed by atoms with Gasteiger partial charge < -0.3 is 45.4 Å². The molecule has 2 fully saturated rings. The van der Waals surface area contributed by atoms with E-state index in [-0.39, 0.29) is 46.5 Å². The van der Waals surface area contributed by atoms with Gasteiger partial charge in [0.15, 0.2) is 17.3 Å². The predicted molar refractivity (Wildman–Crippen MR) is 152 cm³/mol. The molecule has 1 unspecified atom stereocenters. The van der Waals surface area contributed by atoms with Gasteiger partial charge in [-0.3, -0.25) is 19.7 Å². The van der Waals surface area contributed by atoms with E-state index in [4.69, 9.17) is 9.26 Å². The first kappa shape index (κ1) is 30.7. The number of hydrogen-bond donors (Lipinski definition) is 7. The van der Waals surface area contributed by atoms with E-state index >= 15 is 0 Å². The molecule has 234 valence electrons. The van der Waals surface area contributed by atoms with Crippen LogP contribution in [0.5, 0.6) is 5.75 Å². The van der Waals surface area contributed by atoms with E-state index in [1.165, 1.54) is 13.2 Å². The number of carbonyl (C=O) groups is 3. The molecule has 0 spiro atoms. The molecule has 1 atom stereocenters. The number of benzene rings is 1. The summed E-state index contributed by atoms with van der Waals surface area (Å²) in [5.74, 6) is -2.06. The van der Waals surface area contributed by atoms with Crippen LogP contribution in [0.2, 0.25) is 0 Å². The van der Waals surface area contributed by atoms with Gasteiger partial charge in [0.05, 0.1) is 24.0 Å². The third-order valence-electron chi connectivity index (χ3n) is 7.27. The molecule has 3 amide bonds. The topological polar surface area (TPSA) is 237 Å². The number of nitrogens with one attached hydrogen (secondary N) is 4. The zero-order chi connectivity index (χ0) is 31.4. The van der Waals surface area contributed by atoms with Crippen molar-refractivity contribution < 1.29 is 39.0 Å². The molecular weight excluding hydrogens is 578 g/mol. The van der Waals surface area contributed by atoms with Crippen LogP contribution in [0, 0.1) is 5.92 Å². The van der Waals surface area contributed by atoms with Crippen LogP contribution in [0.25, 0.3) is 11.4 Å². The number of hydrogen-bond acceptors (Lipinski definition) is 14. The third-order valence-corrected chi connectivity index (χ3v) is 7.27. The van der Waals surface area contributed by atoms with Gasteiger partial charge in [-0.2, -0.15) is 4.98 Å². The normalized spacial score (nSPS) is 16.8. The summed E-state index contributed by atoms with van der Waals surface area (Å²) < 4.78 is 10.8. The minimum absolute atomic E-state index is 0.0210. The molecule has 17 nitrogen and oxygen atoms in total. The number of para-hydroxylation sites is 1. The highest BCUT2D eigenvalue weighted by atomic mass is 16.7. The second-order valence-corrected chi connectivity index (χ2v) is 10.6. The van der Waals surface area contributed by atoms with Crippen LogP contribution in [0.4, 0.5) is 17.2 Å². The molecule has 1 aliphatic carbocycles. The smallest absolute Gasteiger partial charge is 0.369 e. The summed E-state index contributed by atoms with van der Waals surface area (Å²) >= 11 is 0. The molecule has 0 radical (unpaired) electrons. The Kier molecular flexibility index (Phi) is 9.00.